The zero-order valence-corrected chi connectivity index (χ0v) is 19.2. The molecule has 3 atom stereocenters. The first-order chi connectivity index (χ1) is 14.5. The van der Waals surface area contributed by atoms with Gasteiger partial charge in [-0.25, -0.2) is 0 Å². The maximum atomic E-state index is 13.3. The number of likely N-dealkylation sites (tertiary alicyclic amines) is 2. The molecule has 0 aromatic heterocycles. The van der Waals surface area contributed by atoms with Gasteiger partial charge in [-0.3, -0.25) is 4.79 Å². The molecule has 0 aromatic carbocycles. The van der Waals surface area contributed by atoms with Gasteiger partial charge in [-0.15, -0.1) is 0 Å². The molecule has 0 saturated carbocycles. The van der Waals surface area contributed by atoms with Crippen molar-refractivity contribution in [3.63, 3.8) is 0 Å². The molecule has 0 spiro atoms. The van der Waals surface area contributed by atoms with Gasteiger partial charge in [0.05, 0.1) is 0 Å². The van der Waals surface area contributed by atoms with Crippen LogP contribution in [0.15, 0.2) is 11.8 Å². The summed E-state index contributed by atoms with van der Waals surface area (Å²) in [5.74, 6) is 1.24. The van der Waals surface area contributed by atoms with Gasteiger partial charge in [0.25, 0.3) is 5.91 Å². The van der Waals surface area contributed by atoms with Crippen LogP contribution < -0.4 is 0 Å². The lowest BCUT2D eigenvalue weighted by atomic mass is 9.78. The SMILES string of the molecule is CCOC1OC(C(=O)N2CCC(N3CCCCC3)CC2)=CC(C(C)C)C1CCCO. The van der Waals surface area contributed by atoms with Crippen LogP contribution in [-0.2, 0) is 14.3 Å². The molecule has 0 bridgehead atoms. The molecule has 6 nitrogen and oxygen atoms in total. The Kier molecular flexibility index (Phi) is 9.02. The monoisotopic (exact) mass is 422 g/mol. The molecule has 6 heteroatoms. The Labute approximate surface area is 182 Å². The highest BCUT2D eigenvalue weighted by atomic mass is 16.7. The number of rotatable bonds is 8. The highest BCUT2D eigenvalue weighted by molar-refractivity contribution is 5.91. The van der Waals surface area contributed by atoms with E-state index < -0.39 is 6.29 Å². The summed E-state index contributed by atoms with van der Waals surface area (Å²) in [5.41, 5.74) is 0. The Morgan fingerprint density at radius 1 is 1.20 bits per heavy atom. The summed E-state index contributed by atoms with van der Waals surface area (Å²) < 4.78 is 12.0. The van der Waals surface area contributed by atoms with Crippen molar-refractivity contribution in [3.8, 4) is 0 Å². The number of carbonyl (C=O) groups excluding carboxylic acids is 1. The van der Waals surface area contributed by atoms with Crippen molar-refractivity contribution in [3.05, 3.63) is 11.8 Å². The predicted molar refractivity (Wildman–Crippen MR) is 118 cm³/mol. The summed E-state index contributed by atoms with van der Waals surface area (Å²) in [7, 11) is 0. The van der Waals surface area contributed by atoms with Gasteiger partial charge in [0.2, 0.25) is 6.29 Å². The van der Waals surface area contributed by atoms with E-state index in [9.17, 15) is 9.90 Å². The Hall–Kier alpha value is -1.11. The third kappa shape index (κ3) is 5.77. The second kappa shape index (κ2) is 11.5. The summed E-state index contributed by atoms with van der Waals surface area (Å²) in [4.78, 5) is 17.9. The zero-order chi connectivity index (χ0) is 21.5. The zero-order valence-electron chi connectivity index (χ0n) is 19.2. The van der Waals surface area contributed by atoms with E-state index in [2.05, 4.69) is 18.7 Å². The minimum absolute atomic E-state index is 0.0167. The molecule has 3 rings (SSSR count). The van der Waals surface area contributed by atoms with Crippen LogP contribution in [0.25, 0.3) is 0 Å². The fraction of sp³-hybridized carbons (Fsp3) is 0.875. The number of carbonyl (C=O) groups is 1. The van der Waals surface area contributed by atoms with Crippen LogP contribution in [0.4, 0.5) is 0 Å². The number of allylic oxidation sites excluding steroid dienone is 1. The van der Waals surface area contributed by atoms with Crippen LogP contribution in [0.5, 0.6) is 0 Å². The minimum Gasteiger partial charge on any atom is -0.459 e. The lowest BCUT2D eigenvalue weighted by Crippen LogP contribution is -2.49. The summed E-state index contributed by atoms with van der Waals surface area (Å²) >= 11 is 0. The van der Waals surface area contributed by atoms with Gasteiger partial charge in [0.1, 0.15) is 0 Å². The second-order valence-corrected chi connectivity index (χ2v) is 9.44. The molecule has 0 radical (unpaired) electrons. The third-order valence-corrected chi connectivity index (χ3v) is 7.10. The number of ether oxygens (including phenoxy) is 2. The first-order valence-corrected chi connectivity index (χ1v) is 12.2. The van der Waals surface area contributed by atoms with Gasteiger partial charge in [-0.05, 0) is 76.5 Å². The molecule has 3 aliphatic rings. The lowest BCUT2D eigenvalue weighted by Gasteiger charge is -2.42. The summed E-state index contributed by atoms with van der Waals surface area (Å²) in [6.07, 6.45) is 9.29. The van der Waals surface area contributed by atoms with Crippen LogP contribution in [0.3, 0.4) is 0 Å². The minimum atomic E-state index is -0.413. The summed E-state index contributed by atoms with van der Waals surface area (Å²) in [6, 6.07) is 0.623. The Bertz CT molecular complexity index is 566. The van der Waals surface area contributed by atoms with E-state index >= 15 is 0 Å². The van der Waals surface area contributed by atoms with Gasteiger partial charge in [0, 0.05) is 38.3 Å². The number of aliphatic hydroxyl groups excluding tert-OH is 1. The Balaban J connectivity index is 1.65. The van der Waals surface area contributed by atoms with Crippen LogP contribution in [-0.4, -0.2) is 72.5 Å². The molecule has 172 valence electrons. The highest BCUT2D eigenvalue weighted by Gasteiger charge is 2.39. The third-order valence-electron chi connectivity index (χ3n) is 7.10. The van der Waals surface area contributed by atoms with Gasteiger partial charge in [-0.1, -0.05) is 20.3 Å². The highest BCUT2D eigenvalue weighted by Crippen LogP contribution is 2.37. The molecule has 1 amide bonds. The van der Waals surface area contributed by atoms with Crippen molar-refractivity contribution in [1.82, 2.24) is 9.80 Å². The summed E-state index contributed by atoms with van der Waals surface area (Å²) in [5, 5.41) is 9.30. The Morgan fingerprint density at radius 2 is 1.90 bits per heavy atom. The molecule has 0 aromatic rings. The van der Waals surface area contributed by atoms with Crippen LogP contribution in [0, 0.1) is 17.8 Å². The van der Waals surface area contributed by atoms with Crippen molar-refractivity contribution >= 4 is 5.91 Å². The number of aliphatic hydroxyl groups is 1. The first kappa shape index (κ1) is 23.6. The topological polar surface area (TPSA) is 62.2 Å². The molecular weight excluding hydrogens is 380 g/mol. The molecule has 30 heavy (non-hydrogen) atoms. The number of hydrogen-bond donors (Lipinski definition) is 1. The normalized spacial score (nSPS) is 29.0. The maximum absolute atomic E-state index is 13.3. The van der Waals surface area contributed by atoms with E-state index in [4.69, 9.17) is 9.47 Å². The van der Waals surface area contributed by atoms with E-state index in [1.54, 1.807) is 0 Å². The molecule has 1 N–H and O–H groups in total. The average Bonchev–Trinajstić information content (AvgIpc) is 2.78. The average molecular weight is 423 g/mol. The largest absolute Gasteiger partial charge is 0.459 e. The fourth-order valence-corrected chi connectivity index (χ4v) is 5.39. The van der Waals surface area contributed by atoms with E-state index in [-0.39, 0.29) is 24.3 Å². The van der Waals surface area contributed by atoms with Crippen molar-refractivity contribution < 1.29 is 19.4 Å². The van der Waals surface area contributed by atoms with Crippen molar-refractivity contribution in [2.75, 3.05) is 39.4 Å². The van der Waals surface area contributed by atoms with E-state index in [0.717, 1.165) is 38.8 Å². The van der Waals surface area contributed by atoms with Crippen molar-refractivity contribution in [2.45, 2.75) is 78.0 Å². The van der Waals surface area contributed by atoms with Gasteiger partial charge in [-0.2, -0.15) is 0 Å². The first-order valence-electron chi connectivity index (χ1n) is 12.2. The second-order valence-electron chi connectivity index (χ2n) is 9.44. The number of amides is 1. The standard InChI is InChI=1S/C24H42N2O4/c1-4-29-24-20(9-8-16-27)21(18(2)3)17-22(30-24)23(28)26-14-10-19(11-15-26)25-12-6-5-7-13-25/h17-21,24,27H,4-16H2,1-3H3. The smallest absolute Gasteiger partial charge is 0.288 e. The van der Waals surface area contributed by atoms with Crippen molar-refractivity contribution in [1.29, 1.82) is 0 Å². The molecule has 2 saturated heterocycles. The summed E-state index contributed by atoms with van der Waals surface area (Å²) in [6.45, 7) is 11.1. The van der Waals surface area contributed by atoms with Crippen LogP contribution >= 0.6 is 0 Å². The number of nitrogens with zero attached hydrogens (tertiary/aromatic N) is 2. The van der Waals surface area contributed by atoms with E-state index in [1.165, 1.54) is 32.4 Å². The van der Waals surface area contributed by atoms with Gasteiger partial charge < -0.3 is 24.4 Å². The quantitative estimate of drug-likeness (QED) is 0.650. The molecule has 3 heterocycles. The molecular formula is C24H42N2O4. The van der Waals surface area contributed by atoms with Crippen LogP contribution in [0.1, 0.15) is 65.7 Å². The Morgan fingerprint density at radius 3 is 2.50 bits per heavy atom. The lowest BCUT2D eigenvalue weighted by molar-refractivity contribution is -0.178. The van der Waals surface area contributed by atoms with Crippen LogP contribution in [0.2, 0.25) is 0 Å². The molecule has 3 aliphatic heterocycles. The predicted octanol–water partition coefficient (Wildman–Crippen LogP) is 3.40. The maximum Gasteiger partial charge on any atom is 0.288 e. The number of piperidine rings is 2. The van der Waals surface area contributed by atoms with Gasteiger partial charge in [0.15, 0.2) is 5.76 Å². The molecule has 3 unspecified atom stereocenters. The van der Waals surface area contributed by atoms with E-state index in [1.807, 2.05) is 17.9 Å². The number of hydrogen-bond acceptors (Lipinski definition) is 5. The molecule has 2 fully saturated rings. The van der Waals surface area contributed by atoms with E-state index in [0.29, 0.717) is 24.3 Å². The molecule has 0 aliphatic carbocycles. The fourth-order valence-electron chi connectivity index (χ4n) is 5.39. The van der Waals surface area contributed by atoms with Crippen molar-refractivity contribution in [2.24, 2.45) is 17.8 Å². The van der Waals surface area contributed by atoms with Gasteiger partial charge >= 0.3 is 0 Å².